The minimum atomic E-state index is -1.44. The molecule has 11 rings (SSSR count). The van der Waals surface area contributed by atoms with E-state index < -0.39 is 59.1 Å². The van der Waals surface area contributed by atoms with Crippen molar-refractivity contribution in [3.8, 4) is 40.2 Å². The zero-order valence-corrected chi connectivity index (χ0v) is 36.1. The number of carbonyl (C=O) groups is 3. The normalized spacial score (nSPS) is 26.5. The van der Waals surface area contributed by atoms with Crippen LogP contribution in [0.1, 0.15) is 74.3 Å². The fourth-order valence-corrected chi connectivity index (χ4v) is 12.2. The second kappa shape index (κ2) is 15.8. The molecule has 4 bridgehead atoms. The molecule has 7 heterocycles. The first-order chi connectivity index (χ1) is 30.4. The highest BCUT2D eigenvalue weighted by Crippen LogP contribution is 2.63. The van der Waals surface area contributed by atoms with Crippen molar-refractivity contribution in [2.75, 3.05) is 39.9 Å². The number of piperazine rings is 1. The van der Waals surface area contributed by atoms with E-state index >= 15 is 0 Å². The SMILES string of the molecule is COc1cc2c(cc1OC(=O)C=Cc1ccccc1)CCN[C@]21CS[C@@H]2c3c(OC(C)=O)c(C)c4c(c3[C@H](COC1=O)N1C2[C@@H]2N[C@@H](Cc3cc(C)c(OC)c(O)c32)[C@@H]1O)OCO4. The van der Waals surface area contributed by atoms with Gasteiger partial charge in [0, 0.05) is 53.6 Å². The maximum atomic E-state index is 15.0. The second-order valence-corrected chi connectivity index (χ2v) is 17.8. The van der Waals surface area contributed by atoms with Gasteiger partial charge in [-0.05, 0) is 72.7 Å². The van der Waals surface area contributed by atoms with Gasteiger partial charge in [0.2, 0.25) is 6.79 Å². The third-order valence-electron chi connectivity index (χ3n) is 13.2. The van der Waals surface area contributed by atoms with Gasteiger partial charge < -0.3 is 48.7 Å². The molecule has 7 atom stereocenters. The first-order valence-electron chi connectivity index (χ1n) is 20.9. The number of hydrogen-bond donors (Lipinski definition) is 4. The van der Waals surface area contributed by atoms with Crippen LogP contribution in [0.2, 0.25) is 0 Å². The van der Waals surface area contributed by atoms with Gasteiger partial charge in [0.05, 0.1) is 37.6 Å². The molecule has 4 aromatic carbocycles. The third-order valence-corrected chi connectivity index (χ3v) is 14.6. The van der Waals surface area contributed by atoms with Gasteiger partial charge in [0.25, 0.3) is 0 Å². The average molecular weight is 878 g/mol. The van der Waals surface area contributed by atoms with E-state index in [1.54, 1.807) is 18.2 Å². The number of benzene rings is 4. The summed E-state index contributed by atoms with van der Waals surface area (Å²) in [6.07, 6.45) is 2.84. The number of ether oxygens (including phenoxy) is 7. The fourth-order valence-electron chi connectivity index (χ4n) is 10.5. The largest absolute Gasteiger partial charge is 0.504 e. The molecule has 4 aromatic rings. The maximum Gasteiger partial charge on any atom is 0.336 e. The number of rotatable bonds is 6. The summed E-state index contributed by atoms with van der Waals surface area (Å²) in [6.45, 7) is 5.10. The molecule has 4 N–H and O–H groups in total. The number of hydrogen-bond acceptors (Lipinski definition) is 16. The van der Waals surface area contributed by atoms with E-state index in [1.165, 1.54) is 39.0 Å². The summed E-state index contributed by atoms with van der Waals surface area (Å²) in [7, 11) is 2.99. The van der Waals surface area contributed by atoms with Crippen LogP contribution in [-0.4, -0.2) is 91.2 Å². The van der Waals surface area contributed by atoms with Gasteiger partial charge >= 0.3 is 17.9 Å². The molecule has 63 heavy (non-hydrogen) atoms. The lowest BCUT2D eigenvalue weighted by molar-refractivity contribution is -0.164. The smallest absolute Gasteiger partial charge is 0.336 e. The van der Waals surface area contributed by atoms with Crippen molar-refractivity contribution in [2.24, 2.45) is 0 Å². The number of aliphatic hydroxyl groups excluding tert-OH is 1. The van der Waals surface area contributed by atoms with Crippen LogP contribution >= 0.6 is 11.8 Å². The highest BCUT2D eigenvalue weighted by molar-refractivity contribution is 7.99. The zero-order valence-electron chi connectivity index (χ0n) is 35.3. The number of nitrogens with one attached hydrogen (secondary N) is 2. The molecule has 1 unspecified atom stereocenters. The molecular formula is C47H47N3O12S. The van der Waals surface area contributed by atoms with Crippen LogP contribution in [0.3, 0.4) is 0 Å². The summed E-state index contributed by atoms with van der Waals surface area (Å²) in [5.74, 6) is 0.361. The summed E-state index contributed by atoms with van der Waals surface area (Å²) >= 11 is 1.44. The standard InChI is InChI=1S/C47H47N3O12S/c1-22-15-27-16-29-45(54)50-30-19-58-46(55)47(28-18-31(56-4)32(17-26(28)13-14-48-47)62-33(52)12-11-25-9-7-6-8-10-25)20-63-44(38(50)37(49-29)34(27)39(53)40(22)57-5)36-35(30)43-42(59-21-60-43)23(2)41(36)61-24(3)51/h6-12,15,17-18,29-30,37-38,44-45,48-49,53-54H,13-14,16,19-21H2,1-5H3/t29-,30-,37+,38?,44+,45-,47+/m0/s1. The van der Waals surface area contributed by atoms with Crippen LogP contribution in [-0.2, 0) is 37.5 Å². The van der Waals surface area contributed by atoms with Crippen LogP contribution in [0.4, 0.5) is 0 Å². The summed E-state index contributed by atoms with van der Waals surface area (Å²) in [6, 6.07) is 12.4. The number of fused-ring (bicyclic) bond motifs is 9. The van der Waals surface area contributed by atoms with Gasteiger partial charge in [0.15, 0.2) is 40.0 Å². The summed E-state index contributed by atoms with van der Waals surface area (Å²) in [5, 5.41) is 31.1. The van der Waals surface area contributed by atoms with E-state index in [2.05, 4.69) is 10.6 Å². The Morgan fingerprint density at radius 2 is 1.75 bits per heavy atom. The van der Waals surface area contributed by atoms with Crippen molar-refractivity contribution in [3.05, 3.63) is 105 Å². The minimum absolute atomic E-state index is 0.00462. The minimum Gasteiger partial charge on any atom is -0.504 e. The van der Waals surface area contributed by atoms with Crippen molar-refractivity contribution in [1.29, 1.82) is 0 Å². The van der Waals surface area contributed by atoms with Crippen LogP contribution in [0.5, 0.6) is 40.2 Å². The van der Waals surface area contributed by atoms with E-state index in [1.807, 2.05) is 55.1 Å². The quantitative estimate of drug-likeness (QED) is 0.115. The van der Waals surface area contributed by atoms with Gasteiger partial charge in [0.1, 0.15) is 18.6 Å². The lowest BCUT2D eigenvalue weighted by Gasteiger charge is -2.59. The number of aryl methyl sites for hydroxylation is 1. The molecule has 0 aromatic heterocycles. The Bertz CT molecular complexity index is 2600. The first-order valence-corrected chi connectivity index (χ1v) is 21.9. The Balaban J connectivity index is 1.12. The van der Waals surface area contributed by atoms with Crippen molar-refractivity contribution in [3.63, 3.8) is 0 Å². The Morgan fingerprint density at radius 3 is 2.51 bits per heavy atom. The molecule has 1 spiro atoms. The summed E-state index contributed by atoms with van der Waals surface area (Å²) in [4.78, 5) is 43.1. The lowest BCUT2D eigenvalue weighted by atomic mass is 9.74. The number of aliphatic hydroxyl groups is 1. The molecule has 328 valence electrons. The van der Waals surface area contributed by atoms with Gasteiger partial charge in [-0.3, -0.25) is 15.0 Å². The number of methoxy groups -OCH3 is 2. The molecule has 15 nitrogen and oxygen atoms in total. The van der Waals surface area contributed by atoms with E-state index in [-0.39, 0.29) is 36.4 Å². The summed E-state index contributed by atoms with van der Waals surface area (Å²) < 4.78 is 42.2. The number of esters is 3. The molecule has 7 aliphatic rings. The van der Waals surface area contributed by atoms with Crippen LogP contribution in [0.25, 0.3) is 6.08 Å². The van der Waals surface area contributed by atoms with Crippen molar-refractivity contribution in [1.82, 2.24) is 15.5 Å². The van der Waals surface area contributed by atoms with Gasteiger partial charge in [-0.2, -0.15) is 0 Å². The maximum absolute atomic E-state index is 15.0. The Morgan fingerprint density at radius 1 is 0.952 bits per heavy atom. The second-order valence-electron chi connectivity index (χ2n) is 16.6. The van der Waals surface area contributed by atoms with Crippen LogP contribution in [0, 0.1) is 13.8 Å². The van der Waals surface area contributed by atoms with Gasteiger partial charge in [-0.1, -0.05) is 36.4 Å². The molecule has 7 aliphatic heterocycles. The highest BCUT2D eigenvalue weighted by atomic mass is 32.2. The molecule has 2 fully saturated rings. The molecule has 0 saturated carbocycles. The molecular weight excluding hydrogens is 831 g/mol. The molecule has 0 amide bonds. The first kappa shape index (κ1) is 41.2. The number of carbonyl (C=O) groups excluding carboxylic acids is 3. The van der Waals surface area contributed by atoms with Crippen molar-refractivity contribution < 1.29 is 57.8 Å². The predicted octanol–water partition coefficient (Wildman–Crippen LogP) is 4.98. The number of phenols is 1. The molecule has 16 heteroatoms. The van der Waals surface area contributed by atoms with E-state index in [4.69, 9.17) is 33.2 Å². The molecule has 2 saturated heterocycles. The summed E-state index contributed by atoms with van der Waals surface area (Å²) in [5.41, 5.74) is 4.85. The van der Waals surface area contributed by atoms with Crippen LogP contribution in [0.15, 0.2) is 54.6 Å². The number of aromatic hydroxyl groups is 1. The lowest BCUT2D eigenvalue weighted by Crippen LogP contribution is -2.69. The fraction of sp³-hybridized carbons (Fsp3) is 0.383. The van der Waals surface area contributed by atoms with Crippen molar-refractivity contribution >= 4 is 35.7 Å². The molecule has 0 aliphatic carbocycles. The number of nitrogens with zero attached hydrogens (tertiary/aromatic N) is 1. The van der Waals surface area contributed by atoms with Crippen LogP contribution < -0.4 is 39.1 Å². The topological polar surface area (TPSA) is 184 Å². The molecule has 0 radical (unpaired) electrons. The van der Waals surface area contributed by atoms with E-state index in [0.717, 1.165) is 22.3 Å². The zero-order chi connectivity index (χ0) is 43.9. The van der Waals surface area contributed by atoms with E-state index in [0.29, 0.717) is 70.2 Å². The highest BCUT2D eigenvalue weighted by Gasteiger charge is 2.60. The van der Waals surface area contributed by atoms with Crippen molar-refractivity contribution in [2.45, 2.75) is 74.8 Å². The van der Waals surface area contributed by atoms with Gasteiger partial charge in [-0.15, -0.1) is 11.8 Å². The van der Waals surface area contributed by atoms with E-state index in [9.17, 15) is 24.6 Å². The average Bonchev–Trinajstić information content (AvgIpc) is 3.77. The number of thioether (sulfide) groups is 1. The Kier molecular flexibility index (Phi) is 10.3. The third kappa shape index (κ3) is 6.52. The monoisotopic (exact) mass is 877 g/mol. The number of phenolic OH excluding ortho intramolecular Hbond substituents is 1. The predicted molar refractivity (Wildman–Crippen MR) is 229 cm³/mol. The Labute approximate surface area is 367 Å². The Hall–Kier alpha value is -5.78. The van der Waals surface area contributed by atoms with Gasteiger partial charge in [-0.25, -0.2) is 9.59 Å².